The number of hydrogen-bond donors (Lipinski definition) is 0. The van der Waals surface area contributed by atoms with Gasteiger partial charge in [-0.2, -0.15) is 0 Å². The molecule has 0 saturated heterocycles. The number of hydrogen-bond acceptors (Lipinski definition) is 4. The Morgan fingerprint density at radius 1 is 0.828 bits per heavy atom. The Bertz CT molecular complexity index is 1020. The number of sulfonamides is 1. The van der Waals surface area contributed by atoms with E-state index in [0.29, 0.717) is 5.69 Å². The Balaban J connectivity index is 2.03. The second kappa shape index (κ2) is 9.39. The molecule has 1 atom stereocenters. The van der Waals surface area contributed by atoms with Crippen LogP contribution in [0.3, 0.4) is 0 Å². The third-order valence-electron chi connectivity index (χ3n) is 4.61. The van der Waals surface area contributed by atoms with Gasteiger partial charge in [0.15, 0.2) is 5.25 Å². The van der Waals surface area contributed by atoms with Gasteiger partial charge >= 0.3 is 5.97 Å². The van der Waals surface area contributed by atoms with E-state index < -0.39 is 21.2 Å². The van der Waals surface area contributed by atoms with Crippen molar-refractivity contribution in [3.8, 4) is 0 Å². The van der Waals surface area contributed by atoms with Crippen LogP contribution in [0, 0.1) is 0 Å². The van der Waals surface area contributed by atoms with Crippen molar-refractivity contribution in [3.63, 3.8) is 0 Å². The van der Waals surface area contributed by atoms with Crippen LogP contribution in [0.25, 0.3) is 0 Å². The monoisotopic (exact) mass is 409 g/mol. The zero-order valence-corrected chi connectivity index (χ0v) is 17.0. The van der Waals surface area contributed by atoms with Gasteiger partial charge in [0.1, 0.15) is 0 Å². The van der Waals surface area contributed by atoms with Crippen LogP contribution in [0.2, 0.25) is 0 Å². The van der Waals surface area contributed by atoms with Crippen LogP contribution in [0.5, 0.6) is 0 Å². The first-order valence-electron chi connectivity index (χ1n) is 9.24. The second-order valence-electron chi connectivity index (χ2n) is 6.57. The van der Waals surface area contributed by atoms with E-state index in [2.05, 4.69) is 0 Å². The summed E-state index contributed by atoms with van der Waals surface area (Å²) in [6.45, 7) is 0.121. The fourth-order valence-electron chi connectivity index (χ4n) is 3.10. The number of para-hydroxylation sites is 1. The SMILES string of the molecule is COC(=O)C(Cc1ccccc1)S(=O)(=O)N(Cc1ccccc1)c1ccccc1. The van der Waals surface area contributed by atoms with E-state index in [9.17, 15) is 13.2 Å². The standard InChI is InChI=1S/C23H23NO4S/c1-28-23(25)22(17-19-11-5-2-6-12-19)29(26,27)24(21-15-9-4-10-16-21)18-20-13-7-3-8-14-20/h2-16,22H,17-18H2,1H3. The van der Waals surface area contributed by atoms with E-state index in [1.165, 1.54) is 11.4 Å². The summed E-state index contributed by atoms with van der Waals surface area (Å²) >= 11 is 0. The van der Waals surface area contributed by atoms with Gasteiger partial charge in [0.2, 0.25) is 10.0 Å². The number of carbonyl (C=O) groups is 1. The van der Waals surface area contributed by atoms with Crippen molar-refractivity contribution in [2.75, 3.05) is 11.4 Å². The Morgan fingerprint density at radius 2 is 1.31 bits per heavy atom. The minimum absolute atomic E-state index is 0.0357. The van der Waals surface area contributed by atoms with Gasteiger partial charge in [0, 0.05) is 6.42 Å². The van der Waals surface area contributed by atoms with Gasteiger partial charge in [-0.15, -0.1) is 0 Å². The van der Waals surface area contributed by atoms with Crippen LogP contribution in [0.15, 0.2) is 91.0 Å². The summed E-state index contributed by atoms with van der Waals surface area (Å²) < 4.78 is 33.5. The maximum atomic E-state index is 13.7. The average molecular weight is 410 g/mol. The van der Waals surface area contributed by atoms with Crippen LogP contribution >= 0.6 is 0 Å². The first-order valence-corrected chi connectivity index (χ1v) is 10.7. The van der Waals surface area contributed by atoms with Crippen molar-refractivity contribution in [1.82, 2.24) is 0 Å². The van der Waals surface area contributed by atoms with Gasteiger partial charge in [0.25, 0.3) is 0 Å². The molecule has 3 rings (SSSR count). The van der Waals surface area contributed by atoms with Crippen molar-refractivity contribution in [2.24, 2.45) is 0 Å². The fraction of sp³-hybridized carbons (Fsp3) is 0.174. The van der Waals surface area contributed by atoms with Crippen LogP contribution in [-0.2, 0) is 32.5 Å². The molecule has 0 aliphatic heterocycles. The van der Waals surface area contributed by atoms with Crippen LogP contribution in [0.4, 0.5) is 5.69 Å². The molecule has 3 aromatic carbocycles. The lowest BCUT2D eigenvalue weighted by Crippen LogP contribution is -2.44. The van der Waals surface area contributed by atoms with E-state index in [4.69, 9.17) is 4.74 Å². The molecule has 0 amide bonds. The largest absolute Gasteiger partial charge is 0.468 e. The molecule has 0 aliphatic carbocycles. The van der Waals surface area contributed by atoms with Crippen LogP contribution < -0.4 is 4.31 Å². The molecule has 3 aromatic rings. The molecular weight excluding hydrogens is 386 g/mol. The molecule has 0 aliphatic rings. The number of nitrogens with zero attached hydrogens (tertiary/aromatic N) is 1. The molecule has 0 radical (unpaired) electrons. The molecule has 1 unspecified atom stereocenters. The summed E-state index contributed by atoms with van der Waals surface area (Å²) in [5.41, 5.74) is 2.07. The molecule has 5 nitrogen and oxygen atoms in total. The third-order valence-corrected chi connectivity index (χ3v) is 6.64. The van der Waals surface area contributed by atoms with E-state index in [0.717, 1.165) is 11.1 Å². The van der Waals surface area contributed by atoms with Gasteiger partial charge in [0.05, 0.1) is 19.3 Å². The Hall–Kier alpha value is -3.12. The number of anilines is 1. The Kier molecular flexibility index (Phi) is 6.67. The van der Waals surface area contributed by atoms with Gasteiger partial charge in [-0.25, -0.2) is 8.42 Å². The van der Waals surface area contributed by atoms with Crippen molar-refractivity contribution < 1.29 is 17.9 Å². The summed E-state index contributed by atoms with van der Waals surface area (Å²) in [5.74, 6) is -0.775. The molecular formula is C23H23NO4S. The van der Waals surface area contributed by atoms with Crippen LogP contribution in [0.1, 0.15) is 11.1 Å². The van der Waals surface area contributed by atoms with E-state index in [1.807, 2.05) is 54.6 Å². The summed E-state index contributed by atoms with van der Waals surface area (Å²) in [5, 5.41) is -1.35. The predicted octanol–water partition coefficient (Wildman–Crippen LogP) is 3.81. The van der Waals surface area contributed by atoms with E-state index in [-0.39, 0.29) is 13.0 Å². The number of methoxy groups -OCH3 is 1. The normalized spacial score (nSPS) is 12.2. The first-order chi connectivity index (χ1) is 14.0. The summed E-state index contributed by atoms with van der Waals surface area (Å²) in [6, 6.07) is 27.2. The predicted molar refractivity (Wildman–Crippen MR) is 114 cm³/mol. The highest BCUT2D eigenvalue weighted by atomic mass is 32.2. The van der Waals surface area contributed by atoms with Gasteiger partial charge in [-0.1, -0.05) is 78.9 Å². The van der Waals surface area contributed by atoms with Gasteiger partial charge in [-0.3, -0.25) is 9.10 Å². The molecule has 0 saturated carbocycles. The highest BCUT2D eigenvalue weighted by Crippen LogP contribution is 2.25. The lowest BCUT2D eigenvalue weighted by atomic mass is 10.1. The van der Waals surface area contributed by atoms with E-state index >= 15 is 0 Å². The molecule has 6 heteroatoms. The lowest BCUT2D eigenvalue weighted by Gasteiger charge is -2.28. The highest BCUT2D eigenvalue weighted by molar-refractivity contribution is 7.94. The topological polar surface area (TPSA) is 63.7 Å². The number of benzene rings is 3. The smallest absolute Gasteiger partial charge is 0.326 e. The van der Waals surface area contributed by atoms with Gasteiger partial charge < -0.3 is 4.74 Å². The van der Waals surface area contributed by atoms with Crippen molar-refractivity contribution >= 4 is 21.7 Å². The Morgan fingerprint density at radius 3 is 1.83 bits per heavy atom. The minimum atomic E-state index is -4.07. The quantitative estimate of drug-likeness (QED) is 0.531. The molecule has 0 N–H and O–H groups in total. The molecule has 0 spiro atoms. The van der Waals surface area contributed by atoms with E-state index in [1.54, 1.807) is 36.4 Å². The molecule has 0 heterocycles. The number of rotatable bonds is 8. The van der Waals surface area contributed by atoms with Gasteiger partial charge in [-0.05, 0) is 23.3 Å². The zero-order valence-electron chi connectivity index (χ0n) is 16.1. The molecule has 29 heavy (non-hydrogen) atoms. The average Bonchev–Trinajstić information content (AvgIpc) is 2.77. The zero-order chi connectivity index (χ0) is 20.7. The summed E-state index contributed by atoms with van der Waals surface area (Å²) in [6.07, 6.45) is 0.0357. The minimum Gasteiger partial charge on any atom is -0.468 e. The summed E-state index contributed by atoms with van der Waals surface area (Å²) in [4.78, 5) is 12.5. The maximum Gasteiger partial charge on any atom is 0.326 e. The van der Waals surface area contributed by atoms with Crippen LogP contribution in [-0.4, -0.2) is 26.7 Å². The number of ether oxygens (including phenoxy) is 1. The second-order valence-corrected chi connectivity index (χ2v) is 8.61. The van der Waals surface area contributed by atoms with Crippen molar-refractivity contribution in [1.29, 1.82) is 0 Å². The highest BCUT2D eigenvalue weighted by Gasteiger charge is 2.38. The summed E-state index contributed by atoms with van der Waals surface area (Å²) in [7, 11) is -2.86. The maximum absolute atomic E-state index is 13.7. The molecule has 0 bridgehead atoms. The fourth-order valence-corrected chi connectivity index (χ4v) is 4.89. The van der Waals surface area contributed by atoms with Crippen molar-refractivity contribution in [3.05, 3.63) is 102 Å². The molecule has 150 valence electrons. The molecule has 0 aromatic heterocycles. The Labute approximate surface area is 171 Å². The number of esters is 1. The van der Waals surface area contributed by atoms with Crippen molar-refractivity contribution in [2.45, 2.75) is 18.2 Å². The molecule has 0 fully saturated rings. The lowest BCUT2D eigenvalue weighted by molar-refractivity contribution is -0.140. The third kappa shape index (κ3) is 5.03. The number of carbonyl (C=O) groups excluding carboxylic acids is 1. The first kappa shape index (κ1) is 20.6.